The van der Waals surface area contributed by atoms with Crippen molar-refractivity contribution in [2.45, 2.75) is 10.8 Å². The quantitative estimate of drug-likeness (QED) is 0.130. The van der Waals surface area contributed by atoms with E-state index in [0.717, 1.165) is 11.1 Å². The van der Waals surface area contributed by atoms with Crippen LogP contribution in [0, 0.1) is 7.14 Å². The molecular formula is C26H17I2NO7S. The second-order valence-electron chi connectivity index (χ2n) is 8.26. The molecule has 0 saturated heterocycles. The fourth-order valence-electron chi connectivity index (χ4n) is 4.28. The summed E-state index contributed by atoms with van der Waals surface area (Å²) in [5.74, 6) is -0.0131. The molecule has 5 rings (SSSR count). The Hall–Kier alpha value is -2.88. The normalized spacial score (nSPS) is 12.8. The molecule has 37 heavy (non-hydrogen) atoms. The highest BCUT2D eigenvalue weighted by Crippen LogP contribution is 2.49. The van der Waals surface area contributed by atoms with Crippen LogP contribution in [-0.2, 0) is 10.1 Å². The lowest BCUT2D eigenvalue weighted by molar-refractivity contribution is 0.102. The molecule has 11 heteroatoms. The Kier molecular flexibility index (Phi) is 6.81. The highest BCUT2D eigenvalue weighted by Gasteiger charge is 2.32. The van der Waals surface area contributed by atoms with Gasteiger partial charge in [-0.1, -0.05) is 30.3 Å². The van der Waals surface area contributed by atoms with Crippen LogP contribution in [0.3, 0.4) is 0 Å². The first-order chi connectivity index (χ1) is 17.5. The van der Waals surface area contributed by atoms with Crippen molar-refractivity contribution in [3.05, 3.63) is 102 Å². The molecule has 1 aliphatic rings. The molecule has 0 saturated carbocycles. The summed E-state index contributed by atoms with van der Waals surface area (Å²) in [6, 6.07) is 19.2. The summed E-state index contributed by atoms with van der Waals surface area (Å²) >= 11 is 3.81. The zero-order chi connectivity index (χ0) is 26.5. The minimum absolute atomic E-state index is 0.0182. The van der Waals surface area contributed by atoms with Crippen molar-refractivity contribution in [2.75, 3.05) is 5.32 Å². The summed E-state index contributed by atoms with van der Waals surface area (Å²) in [7, 11) is -4.40. The zero-order valence-corrected chi connectivity index (χ0v) is 23.8. The number of phenolic OH excluding ortho intramolecular Hbond substituents is 2. The summed E-state index contributed by atoms with van der Waals surface area (Å²) in [6.07, 6.45) is 0. The average Bonchev–Trinajstić information content (AvgIpc) is 2.83. The summed E-state index contributed by atoms with van der Waals surface area (Å²) in [4.78, 5) is 13.3. The van der Waals surface area contributed by atoms with Crippen LogP contribution in [-0.4, -0.2) is 29.1 Å². The van der Waals surface area contributed by atoms with E-state index in [4.69, 9.17) is 4.74 Å². The Bertz CT molecular complexity index is 1610. The third-order valence-electron chi connectivity index (χ3n) is 5.90. The van der Waals surface area contributed by atoms with Gasteiger partial charge < -0.3 is 20.3 Å². The number of aromatic hydroxyl groups is 2. The summed E-state index contributed by atoms with van der Waals surface area (Å²) < 4.78 is 39.4. The van der Waals surface area contributed by atoms with Gasteiger partial charge in [-0.25, -0.2) is 0 Å². The molecular weight excluding hydrogens is 724 g/mol. The molecule has 1 heterocycles. The molecule has 0 aliphatic carbocycles. The minimum Gasteiger partial charge on any atom is -0.508 e. The molecule has 0 atom stereocenters. The molecule has 0 unspecified atom stereocenters. The van der Waals surface area contributed by atoms with E-state index >= 15 is 0 Å². The third-order valence-corrected chi connectivity index (χ3v) is 8.44. The summed E-state index contributed by atoms with van der Waals surface area (Å²) in [5.41, 5.74) is 2.92. The van der Waals surface area contributed by atoms with E-state index in [-0.39, 0.29) is 16.4 Å². The van der Waals surface area contributed by atoms with Crippen molar-refractivity contribution in [3.8, 4) is 23.0 Å². The van der Waals surface area contributed by atoms with E-state index in [1.807, 2.05) is 57.3 Å². The van der Waals surface area contributed by atoms with Crippen molar-refractivity contribution in [3.63, 3.8) is 0 Å². The number of benzene rings is 4. The number of fused-ring (bicyclic) bond motifs is 2. The highest BCUT2D eigenvalue weighted by atomic mass is 127. The molecule has 0 aromatic heterocycles. The van der Waals surface area contributed by atoms with Crippen LogP contribution < -0.4 is 10.1 Å². The van der Waals surface area contributed by atoms with Gasteiger partial charge in [0.1, 0.15) is 23.0 Å². The SMILES string of the molecule is O=C(Nc1c(I)cc(S(=O)(=O)O)cc1I)c1ccccc1C1c2ccc(O)cc2Oc2cc(O)ccc21. The van der Waals surface area contributed by atoms with Crippen molar-refractivity contribution in [1.82, 2.24) is 0 Å². The fraction of sp³-hybridized carbons (Fsp3) is 0.0385. The number of hydrogen-bond acceptors (Lipinski definition) is 6. The first-order valence-electron chi connectivity index (χ1n) is 10.7. The number of carbonyl (C=O) groups excluding carboxylic acids is 1. The number of ether oxygens (including phenoxy) is 1. The fourth-order valence-corrected chi connectivity index (χ4v) is 7.27. The lowest BCUT2D eigenvalue weighted by atomic mass is 9.80. The van der Waals surface area contributed by atoms with Crippen LogP contribution in [0.2, 0.25) is 0 Å². The van der Waals surface area contributed by atoms with Gasteiger partial charge in [-0.15, -0.1) is 0 Å². The van der Waals surface area contributed by atoms with Crippen LogP contribution in [0.15, 0.2) is 77.7 Å². The van der Waals surface area contributed by atoms with Gasteiger partial charge in [0.2, 0.25) is 0 Å². The molecule has 4 aromatic carbocycles. The van der Waals surface area contributed by atoms with Crippen LogP contribution >= 0.6 is 45.2 Å². The zero-order valence-electron chi connectivity index (χ0n) is 18.6. The Morgan fingerprint density at radius 1 is 0.811 bits per heavy atom. The number of carbonyl (C=O) groups is 1. The third kappa shape index (κ3) is 5.00. The lowest BCUT2D eigenvalue weighted by Gasteiger charge is -2.30. The summed E-state index contributed by atoms with van der Waals surface area (Å²) in [6.45, 7) is 0. The van der Waals surface area contributed by atoms with E-state index in [9.17, 15) is 28.0 Å². The van der Waals surface area contributed by atoms with E-state index < -0.39 is 21.9 Å². The van der Waals surface area contributed by atoms with Gasteiger partial charge in [0.25, 0.3) is 16.0 Å². The van der Waals surface area contributed by atoms with Crippen molar-refractivity contribution in [2.24, 2.45) is 0 Å². The topological polar surface area (TPSA) is 133 Å². The largest absolute Gasteiger partial charge is 0.508 e. The van der Waals surface area contributed by atoms with Gasteiger partial charge in [0.05, 0.1) is 10.6 Å². The minimum atomic E-state index is -4.40. The molecule has 0 bridgehead atoms. The van der Waals surface area contributed by atoms with Gasteiger partial charge in [0, 0.05) is 41.9 Å². The second kappa shape index (κ2) is 9.78. The standard InChI is InChI=1S/C26H17I2NO7S/c27-20-11-15(37(33,34)35)12-21(28)25(20)29-26(32)17-4-2-1-3-16(17)24-18-7-5-13(30)9-22(18)36-23-10-14(31)6-8-19(23)24/h1-12,24,30-31H,(H,29,32)(H,33,34,35). The lowest BCUT2D eigenvalue weighted by Crippen LogP contribution is -2.20. The monoisotopic (exact) mass is 741 g/mol. The Morgan fingerprint density at radius 2 is 1.35 bits per heavy atom. The average molecular weight is 741 g/mol. The number of nitrogens with one attached hydrogen (secondary N) is 1. The molecule has 4 aromatic rings. The smallest absolute Gasteiger partial charge is 0.294 e. The predicted molar refractivity (Wildman–Crippen MR) is 153 cm³/mol. The molecule has 0 spiro atoms. The van der Waals surface area contributed by atoms with Gasteiger partial charge in [-0.05, 0) is 81.1 Å². The molecule has 1 aliphatic heterocycles. The van der Waals surface area contributed by atoms with E-state index in [0.29, 0.717) is 35.5 Å². The van der Waals surface area contributed by atoms with Gasteiger partial charge in [-0.2, -0.15) is 8.42 Å². The first kappa shape index (κ1) is 25.8. The second-order valence-corrected chi connectivity index (χ2v) is 12.0. The molecule has 4 N–H and O–H groups in total. The Labute approximate surface area is 239 Å². The number of hydrogen-bond donors (Lipinski definition) is 4. The number of amides is 1. The van der Waals surface area contributed by atoms with E-state index in [1.165, 1.54) is 24.3 Å². The van der Waals surface area contributed by atoms with Crippen LogP contribution in [0.5, 0.6) is 23.0 Å². The van der Waals surface area contributed by atoms with E-state index in [1.54, 1.807) is 36.4 Å². The Morgan fingerprint density at radius 3 is 1.89 bits per heavy atom. The maximum absolute atomic E-state index is 13.6. The molecule has 0 radical (unpaired) electrons. The maximum Gasteiger partial charge on any atom is 0.294 e. The van der Waals surface area contributed by atoms with Crippen molar-refractivity contribution < 1.29 is 32.7 Å². The van der Waals surface area contributed by atoms with Gasteiger partial charge in [0.15, 0.2) is 0 Å². The maximum atomic E-state index is 13.6. The van der Waals surface area contributed by atoms with Crippen molar-refractivity contribution in [1.29, 1.82) is 0 Å². The Balaban J connectivity index is 1.61. The van der Waals surface area contributed by atoms with Crippen molar-refractivity contribution >= 4 is 66.9 Å². The number of anilines is 1. The van der Waals surface area contributed by atoms with Crippen LogP contribution in [0.25, 0.3) is 0 Å². The molecule has 188 valence electrons. The number of phenols is 2. The molecule has 1 amide bonds. The van der Waals surface area contributed by atoms with Crippen LogP contribution in [0.4, 0.5) is 5.69 Å². The van der Waals surface area contributed by atoms with Gasteiger partial charge in [-0.3, -0.25) is 9.35 Å². The van der Waals surface area contributed by atoms with Gasteiger partial charge >= 0.3 is 0 Å². The number of halogens is 2. The number of rotatable bonds is 4. The molecule has 8 nitrogen and oxygen atoms in total. The van der Waals surface area contributed by atoms with E-state index in [2.05, 4.69) is 5.32 Å². The molecule has 0 fully saturated rings. The first-order valence-corrected chi connectivity index (χ1v) is 14.3. The predicted octanol–water partition coefficient (Wildman–Crippen LogP) is 6.09. The van der Waals surface area contributed by atoms with Crippen LogP contribution in [0.1, 0.15) is 33.0 Å². The summed E-state index contributed by atoms with van der Waals surface area (Å²) in [5, 5.41) is 22.9. The highest BCUT2D eigenvalue weighted by molar-refractivity contribution is 14.1.